The van der Waals surface area contributed by atoms with Gasteiger partial charge in [-0.2, -0.15) is 0 Å². The number of ether oxygens (including phenoxy) is 4. The van der Waals surface area contributed by atoms with Gasteiger partial charge in [-0.25, -0.2) is 4.98 Å². The van der Waals surface area contributed by atoms with Crippen LogP contribution in [0.2, 0.25) is 0 Å². The van der Waals surface area contributed by atoms with Crippen molar-refractivity contribution in [2.45, 2.75) is 156 Å². The monoisotopic (exact) mass is 697 g/mol. The van der Waals surface area contributed by atoms with E-state index in [4.69, 9.17) is 18.9 Å². The first-order valence-corrected chi connectivity index (χ1v) is 19.7. The van der Waals surface area contributed by atoms with E-state index in [1.54, 1.807) is 20.2 Å². The highest BCUT2D eigenvalue weighted by Gasteiger charge is 2.84. The van der Waals surface area contributed by atoms with Crippen molar-refractivity contribution in [3.63, 3.8) is 0 Å². The number of hydrogen-bond acceptors (Lipinski definition) is 9. The number of H-pyrrole nitrogens is 1. The minimum atomic E-state index is -1.26. The predicted molar refractivity (Wildman–Crippen MR) is 186 cm³/mol. The van der Waals surface area contributed by atoms with Crippen molar-refractivity contribution < 1.29 is 34.0 Å². The number of carbonyl (C=O) groups is 1. The molecule has 3 heterocycles. The molecule has 280 valence electrons. The van der Waals surface area contributed by atoms with Crippen LogP contribution in [0.1, 0.15) is 112 Å². The van der Waals surface area contributed by atoms with Crippen LogP contribution in [0.15, 0.2) is 12.5 Å². The molecule has 14 atom stereocenters. The van der Waals surface area contributed by atoms with Crippen molar-refractivity contribution in [2.75, 3.05) is 19.7 Å². The molecular weight excluding hydrogens is 634 g/mol. The summed E-state index contributed by atoms with van der Waals surface area (Å²) in [5.74, 6) is 1.08. The molecule has 2 unspecified atom stereocenters. The number of aliphatic hydroxyl groups excluding tert-OH is 1. The van der Waals surface area contributed by atoms with Crippen LogP contribution in [0.25, 0.3) is 0 Å². The molecular formula is C40H63N3O7. The molecule has 1 aromatic rings. The first-order valence-electron chi connectivity index (χ1n) is 19.7. The molecule has 0 bridgehead atoms. The number of nitrogens with zero attached hydrogens (tertiary/aromatic N) is 2. The fourth-order valence-electron chi connectivity index (χ4n) is 14.3. The SMILES string of the molecule is CC(=O)O[C@@H]([C@H]1C[C@@H](C)[C@H]2[C@H](O1)[C@H](O)[C@@]1(C)[C@@H]3CC[C@H]4C(C)(C)C(O[C@H]5CN(Cc6cnc[nH]6)CCO5)CCC45C[C@@]35CC[C@]21C)C(C)(C)O. The number of imidazole rings is 1. The lowest BCUT2D eigenvalue weighted by Crippen LogP contribution is -2.60. The highest BCUT2D eigenvalue weighted by molar-refractivity contribution is 5.66. The van der Waals surface area contributed by atoms with Gasteiger partial charge in [-0.05, 0) is 111 Å². The predicted octanol–water partition coefficient (Wildman–Crippen LogP) is 5.47. The van der Waals surface area contributed by atoms with Crippen LogP contribution in [0.3, 0.4) is 0 Å². The Morgan fingerprint density at radius 3 is 2.58 bits per heavy atom. The average Bonchev–Trinajstić information content (AvgIpc) is 3.33. The standard InChI is InChI=1S/C40H63N3O7/c1-23-17-26(34(36(5,6)46)48-24(2)44)49-32-31(23)37(7)13-14-40-21-39(40)12-11-29(35(3,4)27(39)9-10-28(40)38(37,8)33(32)45)50-30-20-43(15-16-47-30)19-25-18-41-22-42-25/h18,22-23,26-34,45-46H,9-17,19-21H2,1-8H3,(H,41,42)/t23-,26-,27+,28+,29?,30+,31+,32+,33+,34+,37-,38-,39?,40+/m1/s1. The molecule has 8 rings (SSSR count). The second-order valence-corrected chi connectivity index (χ2v) is 19.5. The summed E-state index contributed by atoms with van der Waals surface area (Å²) >= 11 is 0. The second kappa shape index (κ2) is 11.7. The van der Waals surface area contributed by atoms with Gasteiger partial charge < -0.3 is 34.1 Å². The first-order chi connectivity index (χ1) is 23.5. The molecule has 3 N–H and O–H groups in total. The zero-order chi connectivity index (χ0) is 35.6. The quantitative estimate of drug-likeness (QED) is 0.318. The minimum absolute atomic E-state index is 0.0271. The summed E-state index contributed by atoms with van der Waals surface area (Å²) in [4.78, 5) is 21.9. The zero-order valence-corrected chi connectivity index (χ0v) is 31.7. The molecule has 10 nitrogen and oxygen atoms in total. The van der Waals surface area contributed by atoms with Crippen LogP contribution in [0.5, 0.6) is 0 Å². The number of esters is 1. The number of morpholine rings is 1. The van der Waals surface area contributed by atoms with Crippen molar-refractivity contribution in [3.05, 3.63) is 18.2 Å². The van der Waals surface area contributed by atoms with Gasteiger partial charge in [0.1, 0.15) is 0 Å². The molecule has 0 amide bonds. The van der Waals surface area contributed by atoms with Gasteiger partial charge in [0.05, 0.1) is 49.5 Å². The maximum absolute atomic E-state index is 12.6. The molecule has 2 aliphatic heterocycles. The average molecular weight is 698 g/mol. The lowest BCUT2D eigenvalue weighted by atomic mass is 9.41. The van der Waals surface area contributed by atoms with Crippen molar-refractivity contribution in [2.24, 2.45) is 50.7 Å². The van der Waals surface area contributed by atoms with E-state index in [9.17, 15) is 15.0 Å². The highest BCUT2D eigenvalue weighted by atomic mass is 16.7. The van der Waals surface area contributed by atoms with Crippen LogP contribution < -0.4 is 0 Å². The number of carbonyl (C=O) groups excluding carboxylic acids is 1. The van der Waals surface area contributed by atoms with Crippen molar-refractivity contribution >= 4 is 5.97 Å². The Labute approximate surface area is 298 Å². The number of aromatic nitrogens is 2. The highest BCUT2D eigenvalue weighted by Crippen LogP contribution is 2.89. The van der Waals surface area contributed by atoms with Crippen LogP contribution in [-0.2, 0) is 30.3 Å². The Balaban J connectivity index is 1.01. The Bertz CT molecular complexity index is 1450. The van der Waals surface area contributed by atoms with E-state index in [1.165, 1.54) is 26.2 Å². The van der Waals surface area contributed by atoms with E-state index in [0.29, 0.717) is 30.3 Å². The van der Waals surface area contributed by atoms with E-state index < -0.39 is 29.9 Å². The van der Waals surface area contributed by atoms with Crippen LogP contribution in [0, 0.1) is 50.7 Å². The van der Waals surface area contributed by atoms with Crippen LogP contribution in [-0.4, -0.2) is 93.2 Å². The van der Waals surface area contributed by atoms with Gasteiger partial charge in [0.2, 0.25) is 0 Å². The van der Waals surface area contributed by atoms with Crippen LogP contribution in [0.4, 0.5) is 0 Å². The van der Waals surface area contributed by atoms with E-state index >= 15 is 0 Å². The molecule has 5 aliphatic carbocycles. The maximum Gasteiger partial charge on any atom is 0.303 e. The van der Waals surface area contributed by atoms with Gasteiger partial charge in [0.15, 0.2) is 12.4 Å². The van der Waals surface area contributed by atoms with E-state index in [-0.39, 0.29) is 52.0 Å². The molecule has 5 saturated carbocycles. The summed E-state index contributed by atoms with van der Waals surface area (Å²) < 4.78 is 25.7. The molecule has 2 saturated heterocycles. The minimum Gasteiger partial charge on any atom is -0.457 e. The Kier molecular flexibility index (Phi) is 8.31. The summed E-state index contributed by atoms with van der Waals surface area (Å²) in [6.07, 6.45) is 10.2. The van der Waals surface area contributed by atoms with Gasteiger partial charge in [-0.1, -0.05) is 34.6 Å². The third kappa shape index (κ3) is 4.93. The van der Waals surface area contributed by atoms with E-state index in [1.807, 2.05) is 6.20 Å². The molecule has 0 radical (unpaired) electrons. The largest absolute Gasteiger partial charge is 0.457 e. The number of aliphatic hydroxyl groups is 2. The molecule has 2 spiro atoms. The fraction of sp³-hybridized carbons (Fsp3) is 0.900. The number of aromatic amines is 1. The molecule has 7 fully saturated rings. The Morgan fingerprint density at radius 2 is 1.88 bits per heavy atom. The van der Waals surface area contributed by atoms with E-state index in [2.05, 4.69) is 49.5 Å². The zero-order valence-electron chi connectivity index (χ0n) is 31.7. The van der Waals surface area contributed by atoms with Gasteiger partial charge in [0, 0.05) is 37.3 Å². The van der Waals surface area contributed by atoms with Gasteiger partial charge >= 0.3 is 5.97 Å². The van der Waals surface area contributed by atoms with Crippen molar-refractivity contribution in [3.8, 4) is 0 Å². The third-order valence-electron chi connectivity index (χ3n) is 16.5. The summed E-state index contributed by atoms with van der Waals surface area (Å²) in [5, 5.41) is 23.7. The van der Waals surface area contributed by atoms with Crippen molar-refractivity contribution in [1.82, 2.24) is 14.9 Å². The number of nitrogens with one attached hydrogen (secondary N) is 1. The number of fused-ring (bicyclic) bond motifs is 4. The molecule has 1 aromatic heterocycles. The Hall–Kier alpha value is -1.56. The first kappa shape index (κ1) is 35.5. The normalized spacial score (nSPS) is 48.7. The summed E-state index contributed by atoms with van der Waals surface area (Å²) in [7, 11) is 0. The third-order valence-corrected chi connectivity index (χ3v) is 16.5. The topological polar surface area (TPSA) is 126 Å². The summed E-state index contributed by atoms with van der Waals surface area (Å²) in [6.45, 7) is 20.0. The van der Waals surface area contributed by atoms with Crippen LogP contribution >= 0.6 is 0 Å². The molecule has 10 heteroatoms. The van der Waals surface area contributed by atoms with Crippen molar-refractivity contribution in [1.29, 1.82) is 0 Å². The smallest absolute Gasteiger partial charge is 0.303 e. The summed E-state index contributed by atoms with van der Waals surface area (Å²) in [5.41, 5.74) is 0.0944. The number of rotatable bonds is 7. The second-order valence-electron chi connectivity index (χ2n) is 19.5. The molecule has 7 aliphatic rings. The maximum atomic E-state index is 12.6. The Morgan fingerprint density at radius 1 is 1.14 bits per heavy atom. The number of hydrogen-bond donors (Lipinski definition) is 3. The lowest BCUT2D eigenvalue weighted by molar-refractivity contribution is -0.249. The summed E-state index contributed by atoms with van der Waals surface area (Å²) in [6, 6.07) is 0. The molecule has 0 aromatic carbocycles. The lowest BCUT2D eigenvalue weighted by Gasteiger charge is -2.64. The van der Waals surface area contributed by atoms with Gasteiger partial charge in [0.25, 0.3) is 0 Å². The van der Waals surface area contributed by atoms with E-state index in [0.717, 1.165) is 51.0 Å². The van der Waals surface area contributed by atoms with Gasteiger partial charge in [-0.3, -0.25) is 9.69 Å². The fourth-order valence-corrected chi connectivity index (χ4v) is 14.3. The molecule has 50 heavy (non-hydrogen) atoms. The van der Waals surface area contributed by atoms with Gasteiger partial charge in [-0.15, -0.1) is 0 Å².